The number of Topliss-reactive ketones (excluding diaryl/α,β-unsaturated/α-hetero) is 1. The summed E-state index contributed by atoms with van der Waals surface area (Å²) in [6.07, 6.45) is 3.14. The van der Waals surface area contributed by atoms with Gasteiger partial charge in [0.05, 0.1) is 4.90 Å². The van der Waals surface area contributed by atoms with Crippen molar-refractivity contribution in [1.82, 2.24) is 4.72 Å². The largest absolute Gasteiger partial charge is 0.456 e. The summed E-state index contributed by atoms with van der Waals surface area (Å²) in [5.74, 6) is -1.47. The summed E-state index contributed by atoms with van der Waals surface area (Å²) in [5, 5.41) is 0. The van der Waals surface area contributed by atoms with E-state index in [4.69, 9.17) is 4.74 Å². The lowest BCUT2D eigenvalue weighted by molar-refractivity contribution is -0.145. The number of aryl methyl sites for hydroxylation is 1. The number of rotatable bonds is 11. The summed E-state index contributed by atoms with van der Waals surface area (Å²) in [5.41, 5.74) is 1.61. The summed E-state index contributed by atoms with van der Waals surface area (Å²) >= 11 is 0. The van der Waals surface area contributed by atoms with Crippen LogP contribution in [-0.4, -0.2) is 32.8 Å². The monoisotopic (exact) mass is 431 g/mol. The van der Waals surface area contributed by atoms with Crippen molar-refractivity contribution in [2.75, 3.05) is 6.61 Å². The van der Waals surface area contributed by atoms with E-state index in [9.17, 15) is 18.0 Å². The Morgan fingerprint density at radius 3 is 2.20 bits per heavy atom. The van der Waals surface area contributed by atoms with E-state index >= 15 is 0 Å². The summed E-state index contributed by atoms with van der Waals surface area (Å²) in [4.78, 5) is 24.9. The molecular weight excluding hydrogens is 402 g/mol. The van der Waals surface area contributed by atoms with Gasteiger partial charge in [-0.3, -0.25) is 9.59 Å². The number of carbonyl (C=O) groups excluding carboxylic acids is 2. The first-order chi connectivity index (χ1) is 14.2. The Labute approximate surface area is 178 Å². The van der Waals surface area contributed by atoms with Gasteiger partial charge >= 0.3 is 5.97 Å². The van der Waals surface area contributed by atoms with Gasteiger partial charge in [-0.2, -0.15) is 4.72 Å². The van der Waals surface area contributed by atoms with Gasteiger partial charge in [-0.25, -0.2) is 8.42 Å². The number of hydrogen-bond acceptors (Lipinski definition) is 5. The Morgan fingerprint density at radius 2 is 1.63 bits per heavy atom. The lowest BCUT2D eigenvalue weighted by atomic mass is 10.0. The molecule has 0 aromatic heterocycles. The molecule has 0 aliphatic heterocycles. The summed E-state index contributed by atoms with van der Waals surface area (Å²) in [6.45, 7) is 5.09. The van der Waals surface area contributed by atoms with E-state index in [2.05, 4.69) is 11.6 Å². The third-order valence-electron chi connectivity index (χ3n) is 4.70. The highest BCUT2D eigenvalue weighted by molar-refractivity contribution is 7.89. The molecule has 6 nitrogen and oxygen atoms in total. The molecule has 0 aliphatic carbocycles. The molecule has 30 heavy (non-hydrogen) atoms. The van der Waals surface area contributed by atoms with Gasteiger partial charge in [0.15, 0.2) is 12.4 Å². The van der Waals surface area contributed by atoms with Crippen molar-refractivity contribution in [3.8, 4) is 0 Å². The van der Waals surface area contributed by atoms with Gasteiger partial charge in [-0.1, -0.05) is 69.7 Å². The molecule has 0 radical (unpaired) electrons. The highest BCUT2D eigenvalue weighted by atomic mass is 32.2. The molecule has 0 saturated carbocycles. The standard InChI is InChI=1S/C23H29NO5S/c1-4-5-9-18-12-14-19(15-13-18)21(25)16-29-23(26)22(17(2)3)24-30(27,28)20-10-7-6-8-11-20/h6-8,10-15,17,22,24H,4-5,9,16H2,1-3H3/t22-/m0/s1. The van der Waals surface area contributed by atoms with Crippen LogP contribution in [0.3, 0.4) is 0 Å². The summed E-state index contributed by atoms with van der Waals surface area (Å²) < 4.78 is 32.6. The van der Waals surface area contributed by atoms with Gasteiger partial charge in [-0.05, 0) is 36.5 Å². The minimum Gasteiger partial charge on any atom is -0.456 e. The third kappa shape index (κ3) is 6.78. The first-order valence-corrected chi connectivity index (χ1v) is 11.6. The second-order valence-corrected chi connectivity index (χ2v) is 9.20. The lowest BCUT2D eigenvalue weighted by Gasteiger charge is -2.20. The Bertz CT molecular complexity index is 937. The molecule has 0 bridgehead atoms. The van der Waals surface area contributed by atoms with E-state index in [1.165, 1.54) is 12.1 Å². The number of esters is 1. The molecule has 0 saturated heterocycles. The zero-order valence-corrected chi connectivity index (χ0v) is 18.4. The van der Waals surface area contributed by atoms with Gasteiger partial charge < -0.3 is 4.74 Å². The Kier molecular flexibility index (Phi) is 8.74. The van der Waals surface area contributed by atoms with Gasteiger partial charge in [0.25, 0.3) is 0 Å². The lowest BCUT2D eigenvalue weighted by Crippen LogP contribution is -2.45. The van der Waals surface area contributed by atoms with E-state index < -0.39 is 28.6 Å². The van der Waals surface area contributed by atoms with Crippen LogP contribution in [0, 0.1) is 5.92 Å². The van der Waals surface area contributed by atoms with Crippen LogP contribution in [0.5, 0.6) is 0 Å². The molecule has 2 rings (SSSR count). The fourth-order valence-corrected chi connectivity index (χ4v) is 4.19. The number of sulfonamides is 1. The van der Waals surface area contributed by atoms with Crippen molar-refractivity contribution in [1.29, 1.82) is 0 Å². The number of unbranched alkanes of at least 4 members (excludes halogenated alkanes) is 1. The molecule has 2 aromatic carbocycles. The molecule has 0 amide bonds. The Balaban J connectivity index is 1.99. The van der Waals surface area contributed by atoms with Crippen LogP contribution in [-0.2, 0) is 26.0 Å². The molecular formula is C23H29NO5S. The molecule has 0 unspecified atom stereocenters. The number of nitrogens with one attached hydrogen (secondary N) is 1. The maximum atomic E-state index is 12.5. The van der Waals surface area contributed by atoms with Crippen LogP contribution >= 0.6 is 0 Å². The van der Waals surface area contributed by atoms with E-state index in [1.54, 1.807) is 44.2 Å². The van der Waals surface area contributed by atoms with E-state index in [-0.39, 0.29) is 16.6 Å². The topological polar surface area (TPSA) is 89.5 Å². The van der Waals surface area contributed by atoms with Crippen molar-refractivity contribution >= 4 is 21.8 Å². The maximum Gasteiger partial charge on any atom is 0.324 e. The molecule has 0 spiro atoms. The Hall–Kier alpha value is -2.51. The fraction of sp³-hybridized carbons (Fsp3) is 0.391. The first kappa shape index (κ1) is 23.8. The van der Waals surface area contributed by atoms with E-state index in [1.807, 2.05) is 12.1 Å². The highest BCUT2D eigenvalue weighted by Crippen LogP contribution is 2.13. The van der Waals surface area contributed by atoms with Gasteiger partial charge in [0.2, 0.25) is 10.0 Å². The van der Waals surface area contributed by atoms with Gasteiger partial charge in [0, 0.05) is 5.56 Å². The zero-order valence-electron chi connectivity index (χ0n) is 17.6. The fourth-order valence-electron chi connectivity index (χ4n) is 2.84. The molecule has 7 heteroatoms. The number of hydrogen-bond donors (Lipinski definition) is 1. The minimum atomic E-state index is -3.89. The quantitative estimate of drug-likeness (QED) is 0.432. The minimum absolute atomic E-state index is 0.0580. The van der Waals surface area contributed by atoms with Crippen molar-refractivity contribution in [2.24, 2.45) is 5.92 Å². The average Bonchev–Trinajstić information content (AvgIpc) is 2.75. The van der Waals surface area contributed by atoms with Crippen LogP contribution in [0.15, 0.2) is 59.5 Å². The second kappa shape index (κ2) is 11.0. The van der Waals surface area contributed by atoms with E-state index in [0.717, 1.165) is 24.8 Å². The maximum absolute atomic E-state index is 12.5. The summed E-state index contributed by atoms with van der Waals surface area (Å²) in [6, 6.07) is 13.9. The molecule has 2 aromatic rings. The summed E-state index contributed by atoms with van der Waals surface area (Å²) in [7, 11) is -3.89. The SMILES string of the molecule is CCCCc1ccc(C(=O)COC(=O)[C@@H](NS(=O)(=O)c2ccccc2)C(C)C)cc1. The average molecular weight is 432 g/mol. The number of benzene rings is 2. The molecule has 0 aliphatic rings. The van der Waals surface area contributed by atoms with Crippen LogP contribution in [0.2, 0.25) is 0 Å². The van der Waals surface area contributed by atoms with Gasteiger partial charge in [-0.15, -0.1) is 0 Å². The molecule has 1 N–H and O–H groups in total. The van der Waals surface area contributed by atoms with Crippen molar-refractivity contribution < 1.29 is 22.7 Å². The van der Waals surface area contributed by atoms with E-state index in [0.29, 0.717) is 5.56 Å². The Morgan fingerprint density at radius 1 is 1.00 bits per heavy atom. The first-order valence-electron chi connectivity index (χ1n) is 10.1. The molecule has 162 valence electrons. The number of carbonyl (C=O) groups is 2. The van der Waals surface area contributed by atoms with Crippen LogP contribution in [0.1, 0.15) is 49.5 Å². The molecule has 1 atom stereocenters. The third-order valence-corrected chi connectivity index (χ3v) is 6.15. The predicted molar refractivity (Wildman–Crippen MR) is 116 cm³/mol. The normalized spacial score (nSPS) is 12.5. The van der Waals surface area contributed by atoms with Crippen molar-refractivity contribution in [3.63, 3.8) is 0 Å². The van der Waals surface area contributed by atoms with Crippen molar-refractivity contribution in [2.45, 2.75) is 51.0 Å². The zero-order chi connectivity index (χ0) is 22.1. The molecule has 0 heterocycles. The number of ketones is 1. The molecule has 0 fully saturated rings. The number of ether oxygens (including phenoxy) is 1. The van der Waals surface area contributed by atoms with Crippen molar-refractivity contribution in [3.05, 3.63) is 65.7 Å². The van der Waals surface area contributed by atoms with Crippen LogP contribution in [0.4, 0.5) is 0 Å². The smallest absolute Gasteiger partial charge is 0.324 e. The second-order valence-electron chi connectivity index (χ2n) is 7.49. The van der Waals surface area contributed by atoms with Crippen LogP contribution in [0.25, 0.3) is 0 Å². The van der Waals surface area contributed by atoms with Crippen LogP contribution < -0.4 is 4.72 Å². The highest BCUT2D eigenvalue weighted by Gasteiger charge is 2.30. The predicted octanol–water partition coefficient (Wildman–Crippen LogP) is 3.76. The van der Waals surface area contributed by atoms with Gasteiger partial charge in [0.1, 0.15) is 6.04 Å².